The fourth-order valence-electron chi connectivity index (χ4n) is 4.44. The number of carboxylic acid groups (broad SMARTS) is 1. The average Bonchev–Trinajstić information content (AvgIpc) is 2.82. The topological polar surface area (TPSA) is 53.0 Å². The van der Waals surface area contributed by atoms with Crippen molar-refractivity contribution in [3.05, 3.63) is 82.2 Å². The van der Waals surface area contributed by atoms with E-state index < -0.39 is 5.97 Å². The zero-order chi connectivity index (χ0) is 23.4. The summed E-state index contributed by atoms with van der Waals surface area (Å²) in [6.07, 6.45) is 2.00. The number of hydrogen-bond acceptors (Lipinski definition) is 5. The molecule has 0 saturated carbocycles. The van der Waals surface area contributed by atoms with E-state index in [0.29, 0.717) is 25.3 Å². The van der Waals surface area contributed by atoms with Crippen LogP contribution in [0.5, 0.6) is 0 Å². The van der Waals surface area contributed by atoms with Gasteiger partial charge in [0.2, 0.25) is 0 Å². The standard InChI is InChI=1S/C26H29FN2O3S/c1-3-33-25-24(26(30)31)18(2)16-23(28-12-14-32-15-13-28)29(25)17-20-6-4-5-7-22(20)19-8-10-21(27)11-9-19/h4-11,16,23H,3,12-15,17H2,1-2H3,(H,30,31). The monoisotopic (exact) mass is 468 g/mol. The maximum absolute atomic E-state index is 13.5. The Morgan fingerprint density at radius 3 is 2.52 bits per heavy atom. The van der Waals surface area contributed by atoms with Crippen LogP contribution >= 0.6 is 11.8 Å². The first-order valence-electron chi connectivity index (χ1n) is 11.2. The van der Waals surface area contributed by atoms with Gasteiger partial charge in [-0.25, -0.2) is 9.18 Å². The summed E-state index contributed by atoms with van der Waals surface area (Å²) in [5.74, 6) is -0.404. The quantitative estimate of drug-likeness (QED) is 0.620. The number of aliphatic carboxylic acids is 1. The van der Waals surface area contributed by atoms with Crippen molar-refractivity contribution in [1.29, 1.82) is 0 Å². The fraction of sp³-hybridized carbons (Fsp3) is 0.346. The summed E-state index contributed by atoms with van der Waals surface area (Å²) < 4.78 is 19.1. The summed E-state index contributed by atoms with van der Waals surface area (Å²) >= 11 is 1.57. The number of carbonyl (C=O) groups is 1. The molecule has 1 unspecified atom stereocenters. The predicted molar refractivity (Wildman–Crippen MR) is 130 cm³/mol. The average molecular weight is 469 g/mol. The minimum atomic E-state index is -0.906. The molecule has 33 heavy (non-hydrogen) atoms. The minimum absolute atomic E-state index is 0.0627. The van der Waals surface area contributed by atoms with Gasteiger partial charge in [0.15, 0.2) is 0 Å². The zero-order valence-electron chi connectivity index (χ0n) is 19.0. The smallest absolute Gasteiger partial charge is 0.338 e. The van der Waals surface area contributed by atoms with Gasteiger partial charge in [0, 0.05) is 19.6 Å². The first-order valence-corrected chi connectivity index (χ1v) is 12.2. The van der Waals surface area contributed by atoms with Gasteiger partial charge in [0.05, 0.1) is 23.8 Å². The number of nitrogens with zero attached hydrogens (tertiary/aromatic N) is 2. The summed E-state index contributed by atoms with van der Waals surface area (Å²) in [7, 11) is 0. The van der Waals surface area contributed by atoms with Crippen molar-refractivity contribution in [3.63, 3.8) is 0 Å². The molecule has 0 radical (unpaired) electrons. The second-order valence-electron chi connectivity index (χ2n) is 8.12. The zero-order valence-corrected chi connectivity index (χ0v) is 19.8. The third kappa shape index (κ3) is 5.16. The van der Waals surface area contributed by atoms with Gasteiger partial charge in [-0.3, -0.25) is 4.90 Å². The van der Waals surface area contributed by atoms with Crippen molar-refractivity contribution in [2.24, 2.45) is 0 Å². The third-order valence-electron chi connectivity index (χ3n) is 6.02. The first kappa shape index (κ1) is 23.5. The molecule has 7 heteroatoms. The number of ether oxygens (including phenoxy) is 1. The van der Waals surface area contributed by atoms with Gasteiger partial charge in [0.25, 0.3) is 0 Å². The van der Waals surface area contributed by atoms with Gasteiger partial charge >= 0.3 is 5.97 Å². The molecule has 2 aromatic carbocycles. The lowest BCUT2D eigenvalue weighted by molar-refractivity contribution is -0.132. The lowest BCUT2D eigenvalue weighted by Crippen LogP contribution is -2.52. The maximum atomic E-state index is 13.5. The molecule has 1 fully saturated rings. The molecule has 0 aliphatic carbocycles. The molecule has 0 spiro atoms. The maximum Gasteiger partial charge on any atom is 0.338 e. The summed E-state index contributed by atoms with van der Waals surface area (Å²) in [5, 5.41) is 10.8. The Labute approximate surface area is 198 Å². The lowest BCUT2D eigenvalue weighted by atomic mass is 9.97. The Bertz CT molecular complexity index is 1060. The fourth-order valence-corrected chi connectivity index (χ4v) is 5.45. The van der Waals surface area contributed by atoms with Crippen molar-refractivity contribution in [3.8, 4) is 11.1 Å². The molecule has 2 aliphatic heterocycles. The molecule has 5 nitrogen and oxygen atoms in total. The second kappa shape index (κ2) is 10.5. The van der Waals surface area contributed by atoms with E-state index in [1.807, 2.05) is 32.0 Å². The van der Waals surface area contributed by atoms with Crippen LogP contribution in [0.1, 0.15) is 19.4 Å². The Morgan fingerprint density at radius 2 is 1.85 bits per heavy atom. The highest BCUT2D eigenvalue weighted by Gasteiger charge is 2.35. The number of benzene rings is 2. The van der Waals surface area contributed by atoms with Gasteiger partial charge < -0.3 is 14.7 Å². The van der Waals surface area contributed by atoms with Crippen LogP contribution in [-0.4, -0.2) is 59.1 Å². The van der Waals surface area contributed by atoms with E-state index in [4.69, 9.17) is 4.74 Å². The number of hydrogen-bond donors (Lipinski definition) is 1. The number of thioether (sulfide) groups is 1. The summed E-state index contributed by atoms with van der Waals surface area (Å²) in [5.41, 5.74) is 4.17. The predicted octanol–water partition coefficient (Wildman–Crippen LogP) is 4.96. The molecule has 2 aliphatic rings. The lowest BCUT2D eigenvalue weighted by Gasteiger charge is -2.44. The summed E-state index contributed by atoms with van der Waals surface area (Å²) in [4.78, 5) is 16.8. The normalized spacial score (nSPS) is 19.5. The molecule has 1 atom stereocenters. The highest BCUT2D eigenvalue weighted by Crippen LogP contribution is 2.38. The number of carboxylic acids is 1. The van der Waals surface area contributed by atoms with Crippen LogP contribution in [0.2, 0.25) is 0 Å². The van der Waals surface area contributed by atoms with Crippen LogP contribution in [0.3, 0.4) is 0 Å². The molecular formula is C26H29FN2O3S. The van der Waals surface area contributed by atoms with Crippen molar-refractivity contribution in [1.82, 2.24) is 9.80 Å². The van der Waals surface area contributed by atoms with E-state index >= 15 is 0 Å². The van der Waals surface area contributed by atoms with E-state index in [9.17, 15) is 14.3 Å². The van der Waals surface area contributed by atoms with Crippen molar-refractivity contribution in [2.75, 3.05) is 32.1 Å². The van der Waals surface area contributed by atoms with Gasteiger partial charge in [-0.2, -0.15) is 0 Å². The van der Waals surface area contributed by atoms with Gasteiger partial charge in [0.1, 0.15) is 12.0 Å². The van der Waals surface area contributed by atoms with Crippen LogP contribution in [0.4, 0.5) is 4.39 Å². The van der Waals surface area contributed by atoms with Gasteiger partial charge in [-0.05, 0) is 53.1 Å². The minimum Gasteiger partial charge on any atom is -0.478 e. The van der Waals surface area contributed by atoms with Gasteiger partial charge in [-0.1, -0.05) is 43.3 Å². The van der Waals surface area contributed by atoms with E-state index in [0.717, 1.165) is 46.1 Å². The molecule has 1 saturated heterocycles. The van der Waals surface area contributed by atoms with Gasteiger partial charge in [-0.15, -0.1) is 11.8 Å². The van der Waals surface area contributed by atoms with Crippen molar-refractivity contribution < 1.29 is 19.0 Å². The van der Waals surface area contributed by atoms with Crippen LogP contribution < -0.4 is 0 Å². The molecule has 0 amide bonds. The number of halogens is 1. The summed E-state index contributed by atoms with van der Waals surface area (Å²) in [6, 6.07) is 14.6. The molecular weight excluding hydrogens is 439 g/mol. The molecule has 0 aromatic heterocycles. The SMILES string of the molecule is CCSC1=C(C(=O)O)C(C)=CC(N2CCOCC2)N1Cc1ccccc1-c1ccc(F)cc1. The third-order valence-corrected chi connectivity index (χ3v) is 7.02. The Kier molecular flexibility index (Phi) is 7.53. The number of rotatable bonds is 7. The molecule has 0 bridgehead atoms. The highest BCUT2D eigenvalue weighted by molar-refractivity contribution is 8.03. The Hall–Kier alpha value is -2.61. The Balaban J connectivity index is 1.78. The molecule has 2 heterocycles. The van der Waals surface area contributed by atoms with Crippen molar-refractivity contribution >= 4 is 17.7 Å². The largest absolute Gasteiger partial charge is 0.478 e. The second-order valence-corrected chi connectivity index (χ2v) is 9.37. The van der Waals surface area contributed by atoms with E-state index in [1.165, 1.54) is 12.1 Å². The van der Waals surface area contributed by atoms with E-state index in [1.54, 1.807) is 23.9 Å². The number of morpholine rings is 1. The highest BCUT2D eigenvalue weighted by atomic mass is 32.2. The van der Waals surface area contributed by atoms with E-state index in [-0.39, 0.29) is 12.0 Å². The van der Waals surface area contributed by atoms with Crippen LogP contribution in [-0.2, 0) is 16.1 Å². The Morgan fingerprint density at radius 1 is 1.15 bits per heavy atom. The van der Waals surface area contributed by atoms with E-state index in [2.05, 4.69) is 21.9 Å². The molecule has 2 aromatic rings. The van der Waals surface area contributed by atoms with Crippen molar-refractivity contribution in [2.45, 2.75) is 26.6 Å². The van der Waals surface area contributed by atoms with Crippen LogP contribution in [0.25, 0.3) is 11.1 Å². The molecule has 4 rings (SSSR count). The van der Waals surface area contributed by atoms with Crippen LogP contribution in [0.15, 0.2) is 70.8 Å². The van der Waals surface area contributed by atoms with Crippen LogP contribution in [0, 0.1) is 5.82 Å². The first-order chi connectivity index (χ1) is 16.0. The molecule has 1 N–H and O–H groups in total. The molecule has 174 valence electrons. The summed E-state index contributed by atoms with van der Waals surface area (Å²) in [6.45, 7) is 7.37.